The number of aromatic nitrogens is 1. The normalized spacial score (nSPS) is 18.8. The van der Waals surface area contributed by atoms with E-state index in [2.05, 4.69) is 66.9 Å². The van der Waals surface area contributed by atoms with Gasteiger partial charge in [0.25, 0.3) is 5.91 Å². The summed E-state index contributed by atoms with van der Waals surface area (Å²) in [4.78, 5) is 13.8. The summed E-state index contributed by atoms with van der Waals surface area (Å²) in [5.41, 5.74) is 4.14. The molecule has 1 amide bonds. The molecule has 31 heavy (non-hydrogen) atoms. The molecule has 1 heterocycles. The van der Waals surface area contributed by atoms with Gasteiger partial charge in [-0.15, -0.1) is 0 Å². The lowest BCUT2D eigenvalue weighted by Gasteiger charge is -2.21. The van der Waals surface area contributed by atoms with Crippen molar-refractivity contribution in [1.82, 2.24) is 9.69 Å². The number of rotatable bonds is 6. The highest BCUT2D eigenvalue weighted by atomic mass is 32.1. The molecule has 0 bridgehead atoms. The molecule has 1 aliphatic carbocycles. The summed E-state index contributed by atoms with van der Waals surface area (Å²) in [7, 11) is 0. The number of ether oxygens (including phenoxy) is 1. The van der Waals surface area contributed by atoms with Crippen molar-refractivity contribution >= 4 is 17.4 Å². The molecule has 1 aliphatic rings. The second-order valence-electron chi connectivity index (χ2n) is 9.25. The van der Waals surface area contributed by atoms with Crippen LogP contribution >= 0.6 is 11.5 Å². The third kappa shape index (κ3) is 5.41. The first-order chi connectivity index (χ1) is 14.9. The lowest BCUT2D eigenvalue weighted by atomic mass is 9.86. The molecule has 1 aromatic heterocycles. The number of nitrogens with zero attached hydrogens (tertiary/aromatic N) is 1. The van der Waals surface area contributed by atoms with Gasteiger partial charge in [-0.2, -0.15) is 4.37 Å². The van der Waals surface area contributed by atoms with Gasteiger partial charge in [0.05, 0.1) is 23.6 Å². The number of hydrogen-bond acceptors (Lipinski definition) is 4. The van der Waals surface area contributed by atoms with Crippen molar-refractivity contribution < 1.29 is 9.53 Å². The maximum atomic E-state index is 12.8. The highest BCUT2D eigenvalue weighted by Gasteiger charge is 2.30. The van der Waals surface area contributed by atoms with Crippen LogP contribution in [0.3, 0.4) is 0 Å². The Labute approximate surface area is 188 Å². The first-order valence-corrected chi connectivity index (χ1v) is 11.7. The number of benzene rings is 2. The molecule has 0 saturated heterocycles. The highest BCUT2D eigenvalue weighted by Crippen LogP contribution is 2.29. The summed E-state index contributed by atoms with van der Waals surface area (Å²) >= 11 is 1.37. The average Bonchev–Trinajstić information content (AvgIpc) is 3.42. The van der Waals surface area contributed by atoms with Crippen molar-refractivity contribution in [2.75, 3.05) is 0 Å². The van der Waals surface area contributed by atoms with E-state index in [4.69, 9.17) is 4.74 Å². The molecule has 4 rings (SSSR count). The molecule has 3 aromatic rings. The molecule has 1 N–H and O–H groups in total. The third-order valence-electron chi connectivity index (χ3n) is 5.85. The fraction of sp³-hybridized carbons (Fsp3) is 0.385. The molecule has 0 spiro atoms. The van der Waals surface area contributed by atoms with E-state index in [1.54, 1.807) is 0 Å². The average molecular weight is 435 g/mol. The second-order valence-corrected chi connectivity index (χ2v) is 10.1. The van der Waals surface area contributed by atoms with E-state index in [0.29, 0.717) is 12.3 Å². The van der Waals surface area contributed by atoms with Gasteiger partial charge < -0.3 is 10.1 Å². The summed E-state index contributed by atoms with van der Waals surface area (Å²) in [5.74, 6) is -0.117. The lowest BCUT2D eigenvalue weighted by Crippen LogP contribution is -2.41. The van der Waals surface area contributed by atoms with Crippen LogP contribution in [0.25, 0.3) is 10.4 Å². The van der Waals surface area contributed by atoms with Gasteiger partial charge in [-0.3, -0.25) is 4.79 Å². The van der Waals surface area contributed by atoms with E-state index in [1.165, 1.54) is 17.1 Å². The Hall–Kier alpha value is -2.50. The maximum absolute atomic E-state index is 12.8. The van der Waals surface area contributed by atoms with Crippen LogP contribution in [-0.2, 0) is 16.8 Å². The summed E-state index contributed by atoms with van der Waals surface area (Å²) in [5, 5.41) is 3.16. The van der Waals surface area contributed by atoms with Crippen LogP contribution in [0.4, 0.5) is 0 Å². The first kappa shape index (κ1) is 21.7. The fourth-order valence-corrected chi connectivity index (χ4v) is 4.70. The van der Waals surface area contributed by atoms with Crippen LogP contribution in [0.5, 0.6) is 0 Å². The molecular formula is C26H30N2O2S. The zero-order valence-corrected chi connectivity index (χ0v) is 19.2. The Morgan fingerprint density at radius 1 is 1.10 bits per heavy atom. The molecule has 1 fully saturated rings. The molecule has 1 saturated carbocycles. The van der Waals surface area contributed by atoms with Gasteiger partial charge in [-0.1, -0.05) is 75.4 Å². The minimum absolute atomic E-state index is 0.0347. The Morgan fingerprint density at radius 3 is 2.55 bits per heavy atom. The van der Waals surface area contributed by atoms with Crippen molar-refractivity contribution in [3.63, 3.8) is 0 Å². The van der Waals surface area contributed by atoms with Gasteiger partial charge in [-0.25, -0.2) is 0 Å². The van der Waals surface area contributed by atoms with Crippen LogP contribution < -0.4 is 5.32 Å². The molecule has 4 nitrogen and oxygen atoms in total. The molecule has 2 atom stereocenters. The molecule has 2 aromatic carbocycles. The van der Waals surface area contributed by atoms with Crippen LogP contribution in [0.15, 0.2) is 60.7 Å². The summed E-state index contributed by atoms with van der Waals surface area (Å²) in [6.07, 6.45) is 3.02. The predicted molar refractivity (Wildman–Crippen MR) is 126 cm³/mol. The van der Waals surface area contributed by atoms with E-state index in [9.17, 15) is 4.79 Å². The SMILES string of the molecule is CC(C)(C)c1ccc(-c2cc(C(=O)NC3CCC[C@@H]3OCc3ccccc3)ns2)cc1. The van der Waals surface area contributed by atoms with Crippen molar-refractivity contribution in [2.24, 2.45) is 0 Å². The standard InChI is InChI=1S/C26H30N2O2S/c1-26(2,3)20-14-12-19(13-15-20)24-16-22(28-31-24)25(29)27-21-10-7-11-23(21)30-17-18-8-5-4-6-9-18/h4-6,8-9,12-16,21,23H,7,10-11,17H2,1-3H3,(H,27,29)/t21?,23-/m0/s1. The molecule has 162 valence electrons. The Kier molecular flexibility index (Phi) is 6.54. The molecule has 0 radical (unpaired) electrons. The highest BCUT2D eigenvalue weighted by molar-refractivity contribution is 7.09. The topological polar surface area (TPSA) is 51.2 Å². The molecule has 1 unspecified atom stereocenters. The number of carbonyl (C=O) groups is 1. The first-order valence-electron chi connectivity index (χ1n) is 10.9. The minimum atomic E-state index is -0.117. The summed E-state index contributed by atoms with van der Waals surface area (Å²) in [6.45, 7) is 7.19. The van der Waals surface area contributed by atoms with Crippen molar-refractivity contribution in [3.05, 3.63) is 77.5 Å². The Bertz CT molecular complexity index is 1010. The molecule has 5 heteroatoms. The number of nitrogens with one attached hydrogen (secondary N) is 1. The van der Waals surface area contributed by atoms with Crippen molar-refractivity contribution in [3.8, 4) is 10.4 Å². The van der Waals surface area contributed by atoms with Crippen molar-refractivity contribution in [2.45, 2.75) is 64.2 Å². The zero-order valence-electron chi connectivity index (χ0n) is 18.4. The van der Waals surface area contributed by atoms with Crippen LogP contribution in [0, 0.1) is 0 Å². The fourth-order valence-electron chi connectivity index (χ4n) is 3.96. The summed E-state index contributed by atoms with van der Waals surface area (Å²) in [6, 6.07) is 20.6. The van der Waals surface area contributed by atoms with Gasteiger partial charge >= 0.3 is 0 Å². The maximum Gasteiger partial charge on any atom is 0.271 e. The van der Waals surface area contributed by atoms with Gasteiger partial charge in [0.15, 0.2) is 0 Å². The Morgan fingerprint density at radius 2 is 1.84 bits per heavy atom. The van der Waals surface area contributed by atoms with Gasteiger partial charge in [-0.05, 0) is 59.0 Å². The summed E-state index contributed by atoms with van der Waals surface area (Å²) < 4.78 is 10.5. The lowest BCUT2D eigenvalue weighted by molar-refractivity contribution is 0.0271. The number of amides is 1. The van der Waals surface area contributed by atoms with E-state index in [0.717, 1.165) is 35.3 Å². The van der Waals surface area contributed by atoms with Crippen LogP contribution in [0.1, 0.15) is 61.6 Å². The van der Waals surface area contributed by atoms with E-state index >= 15 is 0 Å². The van der Waals surface area contributed by atoms with Gasteiger partial charge in [0.1, 0.15) is 5.69 Å². The molecule has 0 aliphatic heterocycles. The van der Waals surface area contributed by atoms with E-state index in [1.807, 2.05) is 24.3 Å². The number of hydrogen-bond donors (Lipinski definition) is 1. The van der Waals surface area contributed by atoms with E-state index < -0.39 is 0 Å². The zero-order chi connectivity index (χ0) is 21.8. The largest absolute Gasteiger partial charge is 0.371 e. The minimum Gasteiger partial charge on any atom is -0.371 e. The smallest absolute Gasteiger partial charge is 0.271 e. The van der Waals surface area contributed by atoms with Crippen molar-refractivity contribution in [1.29, 1.82) is 0 Å². The van der Waals surface area contributed by atoms with Crippen LogP contribution in [-0.4, -0.2) is 22.4 Å². The third-order valence-corrected chi connectivity index (χ3v) is 6.69. The van der Waals surface area contributed by atoms with Crippen LogP contribution in [0.2, 0.25) is 0 Å². The monoisotopic (exact) mass is 434 g/mol. The second kappa shape index (κ2) is 9.33. The Balaban J connectivity index is 1.37. The quantitative estimate of drug-likeness (QED) is 0.519. The van der Waals surface area contributed by atoms with Gasteiger partial charge in [0.2, 0.25) is 0 Å². The molecular weight excluding hydrogens is 404 g/mol. The predicted octanol–water partition coefficient (Wildman–Crippen LogP) is 5.98. The number of carbonyl (C=O) groups excluding carboxylic acids is 1. The van der Waals surface area contributed by atoms with Gasteiger partial charge in [0, 0.05) is 0 Å². The van der Waals surface area contributed by atoms with E-state index in [-0.39, 0.29) is 23.5 Å².